The van der Waals surface area contributed by atoms with E-state index in [0.29, 0.717) is 0 Å². The number of benzene rings is 1. The molecule has 74 valence electrons. The number of nitrogens with zero attached hydrogens (tertiary/aromatic N) is 1. The van der Waals surface area contributed by atoms with Gasteiger partial charge in [0.15, 0.2) is 11.6 Å². The molecular weight excluding hydrogens is 212 g/mol. The number of phenolic OH excluding ortho intramolecular Hbond substituents is 1. The molecule has 0 aliphatic carbocycles. The molecule has 14 heavy (non-hydrogen) atoms. The minimum atomic E-state index is -1.31. The van der Waals surface area contributed by atoms with Crippen LogP contribution in [0.4, 0.5) is 8.78 Å². The van der Waals surface area contributed by atoms with Gasteiger partial charge in [0.2, 0.25) is 0 Å². The van der Waals surface area contributed by atoms with E-state index in [9.17, 15) is 13.9 Å². The van der Waals surface area contributed by atoms with Crippen LogP contribution in [0.5, 0.6) is 5.75 Å². The van der Waals surface area contributed by atoms with E-state index < -0.39 is 28.3 Å². The van der Waals surface area contributed by atoms with E-state index in [2.05, 4.69) is 0 Å². The van der Waals surface area contributed by atoms with Crippen LogP contribution in [0.25, 0.3) is 0 Å². The van der Waals surface area contributed by atoms with Gasteiger partial charge in [0, 0.05) is 5.56 Å². The molecule has 1 aromatic rings. The largest absolute Gasteiger partial charge is 0.506 e. The number of hydrogen-bond acceptors (Lipinski definition) is 2. The zero-order valence-electron chi connectivity index (χ0n) is 7.18. The summed E-state index contributed by atoms with van der Waals surface area (Å²) in [6.07, 6.45) is 0. The Labute approximate surface area is 84.3 Å². The fourth-order valence-corrected chi connectivity index (χ4v) is 1.20. The van der Waals surface area contributed by atoms with E-state index in [1.807, 2.05) is 0 Å². The van der Waals surface area contributed by atoms with E-state index in [1.54, 1.807) is 6.07 Å². The van der Waals surface area contributed by atoms with E-state index in [0.717, 1.165) is 6.07 Å². The van der Waals surface area contributed by atoms with Gasteiger partial charge >= 0.3 is 0 Å². The Morgan fingerprint density at radius 3 is 2.64 bits per heavy atom. The average Bonchev–Trinajstić information content (AvgIpc) is 2.19. The monoisotopic (exact) mass is 217 g/mol. The Hall–Kier alpha value is -1.34. The predicted molar refractivity (Wildman–Crippen MR) is 47.1 cm³/mol. The number of nitriles is 1. The van der Waals surface area contributed by atoms with Crippen molar-refractivity contribution in [2.24, 2.45) is 0 Å². The zero-order chi connectivity index (χ0) is 10.9. The van der Waals surface area contributed by atoms with Crippen LogP contribution < -0.4 is 0 Å². The SMILES string of the molecule is CC(C#N)c1cc(F)c(F)c(Cl)c1O. The van der Waals surface area contributed by atoms with E-state index in [4.69, 9.17) is 16.9 Å². The van der Waals surface area contributed by atoms with Crippen LogP contribution >= 0.6 is 11.6 Å². The topological polar surface area (TPSA) is 44.0 Å². The molecule has 1 N–H and O–H groups in total. The maximum Gasteiger partial charge on any atom is 0.181 e. The number of aromatic hydroxyl groups is 1. The Morgan fingerprint density at radius 2 is 2.14 bits per heavy atom. The predicted octanol–water partition coefficient (Wildman–Crippen LogP) is 2.95. The lowest BCUT2D eigenvalue weighted by atomic mass is 10.0. The molecule has 0 aliphatic rings. The molecular formula is C9H6ClF2NO. The van der Waals surface area contributed by atoms with Gasteiger partial charge in [-0.15, -0.1) is 0 Å². The lowest BCUT2D eigenvalue weighted by molar-refractivity contribution is 0.447. The van der Waals surface area contributed by atoms with E-state index in [-0.39, 0.29) is 5.56 Å². The molecule has 0 saturated carbocycles. The smallest absolute Gasteiger partial charge is 0.181 e. The Kier molecular flexibility index (Phi) is 2.92. The van der Waals surface area contributed by atoms with Crippen LogP contribution in [0, 0.1) is 23.0 Å². The second-order valence-corrected chi connectivity index (χ2v) is 3.15. The third-order valence-corrected chi connectivity index (χ3v) is 2.17. The van der Waals surface area contributed by atoms with Crippen molar-refractivity contribution in [2.45, 2.75) is 12.8 Å². The van der Waals surface area contributed by atoms with Crippen molar-refractivity contribution in [3.8, 4) is 11.8 Å². The normalized spacial score (nSPS) is 12.2. The highest BCUT2D eigenvalue weighted by Gasteiger charge is 2.19. The lowest BCUT2D eigenvalue weighted by Gasteiger charge is -2.08. The maximum absolute atomic E-state index is 12.8. The fourth-order valence-electron chi connectivity index (χ4n) is 1.00. The van der Waals surface area contributed by atoms with Crippen LogP contribution in [-0.2, 0) is 0 Å². The van der Waals surface area contributed by atoms with Gasteiger partial charge < -0.3 is 5.11 Å². The van der Waals surface area contributed by atoms with E-state index >= 15 is 0 Å². The molecule has 1 rings (SSSR count). The van der Waals surface area contributed by atoms with Crippen molar-refractivity contribution < 1.29 is 13.9 Å². The minimum Gasteiger partial charge on any atom is -0.506 e. The summed E-state index contributed by atoms with van der Waals surface area (Å²) in [5.74, 6) is -3.81. The van der Waals surface area contributed by atoms with Crippen LogP contribution in [0.3, 0.4) is 0 Å². The fraction of sp³-hybridized carbons (Fsp3) is 0.222. The third-order valence-electron chi connectivity index (χ3n) is 1.83. The summed E-state index contributed by atoms with van der Waals surface area (Å²) in [6.45, 7) is 1.45. The highest BCUT2D eigenvalue weighted by atomic mass is 35.5. The molecule has 1 unspecified atom stereocenters. The molecule has 0 saturated heterocycles. The highest BCUT2D eigenvalue weighted by Crippen LogP contribution is 2.35. The molecule has 0 bridgehead atoms. The summed E-state index contributed by atoms with van der Waals surface area (Å²) in [5.41, 5.74) is -0.0172. The third kappa shape index (κ3) is 1.64. The number of phenols is 1. The van der Waals surface area contributed by atoms with Crippen LogP contribution in [0.1, 0.15) is 18.4 Å². The molecule has 0 radical (unpaired) electrons. The Balaban J connectivity index is 3.42. The average molecular weight is 218 g/mol. The van der Waals surface area contributed by atoms with Gasteiger partial charge in [-0.2, -0.15) is 5.26 Å². The second kappa shape index (κ2) is 3.81. The summed E-state index contributed by atoms with van der Waals surface area (Å²) in [7, 11) is 0. The Morgan fingerprint density at radius 1 is 1.57 bits per heavy atom. The van der Waals surface area contributed by atoms with Crippen LogP contribution in [-0.4, -0.2) is 5.11 Å². The molecule has 0 fully saturated rings. The standard InChI is InChI=1S/C9H6ClF2NO/c1-4(3-13)5-2-6(11)8(12)7(10)9(5)14/h2,4,14H,1H3. The van der Waals surface area contributed by atoms with Crippen molar-refractivity contribution in [3.63, 3.8) is 0 Å². The minimum absolute atomic E-state index is 0.0172. The summed E-state index contributed by atoms with van der Waals surface area (Å²) in [5, 5.41) is 17.2. The Bertz CT molecular complexity index is 414. The van der Waals surface area contributed by atoms with Gasteiger partial charge in [-0.25, -0.2) is 8.78 Å². The molecule has 1 aromatic carbocycles. The van der Waals surface area contributed by atoms with Crippen molar-refractivity contribution >= 4 is 11.6 Å². The van der Waals surface area contributed by atoms with Crippen LogP contribution in [0.2, 0.25) is 5.02 Å². The zero-order valence-corrected chi connectivity index (χ0v) is 7.94. The summed E-state index contributed by atoms with van der Waals surface area (Å²) < 4.78 is 25.6. The van der Waals surface area contributed by atoms with Gasteiger partial charge in [-0.3, -0.25) is 0 Å². The molecule has 0 aromatic heterocycles. The first-order valence-corrected chi connectivity index (χ1v) is 4.12. The number of rotatable bonds is 1. The maximum atomic E-state index is 12.8. The molecule has 0 amide bonds. The first kappa shape index (κ1) is 10.7. The quantitative estimate of drug-likeness (QED) is 0.735. The van der Waals surface area contributed by atoms with Gasteiger partial charge in [-0.1, -0.05) is 11.6 Å². The second-order valence-electron chi connectivity index (χ2n) is 2.77. The number of hydrogen-bond donors (Lipinski definition) is 1. The van der Waals surface area contributed by atoms with Crippen molar-refractivity contribution in [2.75, 3.05) is 0 Å². The first-order valence-electron chi connectivity index (χ1n) is 3.75. The molecule has 0 spiro atoms. The number of halogens is 3. The van der Waals surface area contributed by atoms with Crippen molar-refractivity contribution in [1.29, 1.82) is 5.26 Å². The first-order chi connectivity index (χ1) is 6.49. The molecule has 0 heterocycles. The van der Waals surface area contributed by atoms with E-state index in [1.165, 1.54) is 6.92 Å². The summed E-state index contributed by atoms with van der Waals surface area (Å²) >= 11 is 5.31. The summed E-state index contributed by atoms with van der Waals surface area (Å²) in [4.78, 5) is 0. The molecule has 2 nitrogen and oxygen atoms in total. The van der Waals surface area contributed by atoms with Gasteiger partial charge in [0.1, 0.15) is 10.8 Å². The van der Waals surface area contributed by atoms with Gasteiger partial charge in [-0.05, 0) is 13.0 Å². The van der Waals surface area contributed by atoms with Gasteiger partial charge in [0.25, 0.3) is 0 Å². The van der Waals surface area contributed by atoms with Gasteiger partial charge in [0.05, 0.1) is 12.0 Å². The molecule has 5 heteroatoms. The molecule has 1 atom stereocenters. The van der Waals surface area contributed by atoms with Crippen molar-refractivity contribution in [1.82, 2.24) is 0 Å². The van der Waals surface area contributed by atoms with Crippen molar-refractivity contribution in [3.05, 3.63) is 28.3 Å². The van der Waals surface area contributed by atoms with Crippen LogP contribution in [0.15, 0.2) is 6.07 Å². The summed E-state index contributed by atoms with van der Waals surface area (Å²) in [6, 6.07) is 2.56. The molecule has 0 aliphatic heterocycles. The lowest BCUT2D eigenvalue weighted by Crippen LogP contribution is -1.96. The highest BCUT2D eigenvalue weighted by molar-refractivity contribution is 6.32.